The lowest BCUT2D eigenvalue weighted by Gasteiger charge is -2.35. The van der Waals surface area contributed by atoms with E-state index < -0.39 is 0 Å². The number of hydrogen-bond acceptors (Lipinski definition) is 5. The third-order valence-corrected chi connectivity index (χ3v) is 5.46. The summed E-state index contributed by atoms with van der Waals surface area (Å²) in [6, 6.07) is 13.6. The third-order valence-electron chi connectivity index (χ3n) is 5.46. The smallest absolute Gasteiger partial charge is 0.251 e. The second-order valence-corrected chi connectivity index (χ2v) is 7.67. The van der Waals surface area contributed by atoms with Crippen LogP contribution in [-0.4, -0.2) is 57.8 Å². The third kappa shape index (κ3) is 5.66. The minimum absolute atomic E-state index is 0.124. The van der Waals surface area contributed by atoms with Gasteiger partial charge in [0.1, 0.15) is 0 Å². The topological polar surface area (TPSA) is 54.0 Å². The number of hydrogen-bond donors (Lipinski definition) is 1. The standard InChI is InChI=1S/C24H33N3O3/c1-4-5-16-30-22-11-10-19(17-23(22)29-3)24(28)25-18-20-8-6-7-9-21(20)27-14-12-26(2)13-15-27/h6-11,17H,4-5,12-16,18H2,1-3H3,(H,25,28). The molecule has 2 aromatic carbocycles. The van der Waals surface area contributed by atoms with Gasteiger partial charge in [0.25, 0.3) is 5.91 Å². The van der Waals surface area contributed by atoms with Gasteiger partial charge < -0.3 is 24.6 Å². The second kappa shape index (κ2) is 10.9. The summed E-state index contributed by atoms with van der Waals surface area (Å²) in [7, 11) is 3.74. The summed E-state index contributed by atoms with van der Waals surface area (Å²) >= 11 is 0. The van der Waals surface area contributed by atoms with E-state index in [4.69, 9.17) is 9.47 Å². The van der Waals surface area contributed by atoms with E-state index in [-0.39, 0.29) is 5.91 Å². The number of methoxy groups -OCH3 is 1. The van der Waals surface area contributed by atoms with Crippen LogP contribution in [0.2, 0.25) is 0 Å². The van der Waals surface area contributed by atoms with Crippen molar-refractivity contribution >= 4 is 11.6 Å². The van der Waals surface area contributed by atoms with Gasteiger partial charge in [0.2, 0.25) is 0 Å². The molecule has 2 aromatic rings. The summed E-state index contributed by atoms with van der Waals surface area (Å²) in [5.74, 6) is 1.13. The molecule has 30 heavy (non-hydrogen) atoms. The molecule has 0 aliphatic carbocycles. The van der Waals surface area contributed by atoms with Gasteiger partial charge in [-0.3, -0.25) is 4.79 Å². The van der Waals surface area contributed by atoms with Crippen LogP contribution in [0.5, 0.6) is 11.5 Å². The molecule has 1 aliphatic heterocycles. The van der Waals surface area contributed by atoms with Gasteiger partial charge in [0.05, 0.1) is 13.7 Å². The highest BCUT2D eigenvalue weighted by molar-refractivity contribution is 5.94. The van der Waals surface area contributed by atoms with Crippen LogP contribution in [0.4, 0.5) is 5.69 Å². The maximum Gasteiger partial charge on any atom is 0.251 e. The Bertz CT molecular complexity index is 832. The van der Waals surface area contributed by atoms with Crippen LogP contribution in [0.15, 0.2) is 42.5 Å². The number of benzene rings is 2. The van der Waals surface area contributed by atoms with Gasteiger partial charge in [0.15, 0.2) is 11.5 Å². The van der Waals surface area contributed by atoms with E-state index in [2.05, 4.69) is 47.3 Å². The van der Waals surface area contributed by atoms with Crippen molar-refractivity contribution in [3.05, 3.63) is 53.6 Å². The maximum atomic E-state index is 12.8. The van der Waals surface area contributed by atoms with Crippen molar-refractivity contribution < 1.29 is 14.3 Å². The van der Waals surface area contributed by atoms with Crippen molar-refractivity contribution in [1.29, 1.82) is 0 Å². The molecule has 1 heterocycles. The van der Waals surface area contributed by atoms with Crippen LogP contribution >= 0.6 is 0 Å². The summed E-state index contributed by atoms with van der Waals surface area (Å²) < 4.78 is 11.2. The number of ether oxygens (including phenoxy) is 2. The van der Waals surface area contributed by atoms with E-state index in [0.717, 1.165) is 44.6 Å². The highest BCUT2D eigenvalue weighted by Gasteiger charge is 2.17. The monoisotopic (exact) mass is 411 g/mol. The molecule has 0 unspecified atom stereocenters. The number of carbonyl (C=O) groups is 1. The Morgan fingerprint density at radius 1 is 1.07 bits per heavy atom. The van der Waals surface area contributed by atoms with Gasteiger partial charge >= 0.3 is 0 Å². The summed E-state index contributed by atoms with van der Waals surface area (Å²) in [5, 5.41) is 3.05. The zero-order valence-electron chi connectivity index (χ0n) is 18.3. The summed E-state index contributed by atoms with van der Waals surface area (Å²) in [6.45, 7) is 7.34. The van der Waals surface area contributed by atoms with Gasteiger partial charge in [-0.25, -0.2) is 0 Å². The minimum atomic E-state index is -0.124. The van der Waals surface area contributed by atoms with Gasteiger partial charge in [-0.2, -0.15) is 0 Å². The average molecular weight is 412 g/mol. The molecule has 0 saturated carbocycles. The number of likely N-dealkylation sites (N-methyl/N-ethyl adjacent to an activating group) is 1. The van der Waals surface area contributed by atoms with Gasteiger partial charge in [-0.1, -0.05) is 31.5 Å². The molecule has 1 saturated heterocycles. The van der Waals surface area contributed by atoms with E-state index in [9.17, 15) is 4.79 Å². The van der Waals surface area contributed by atoms with Gasteiger partial charge in [0, 0.05) is 44.0 Å². The molecule has 0 aromatic heterocycles. The predicted octanol–water partition coefficient (Wildman–Crippen LogP) is 3.56. The lowest BCUT2D eigenvalue weighted by molar-refractivity contribution is 0.0950. The van der Waals surface area contributed by atoms with E-state index in [1.165, 1.54) is 5.69 Å². The molecule has 0 bridgehead atoms. The Kier molecular flexibility index (Phi) is 7.97. The van der Waals surface area contributed by atoms with Crippen LogP contribution < -0.4 is 19.7 Å². The lowest BCUT2D eigenvalue weighted by atomic mass is 10.1. The number of para-hydroxylation sites is 1. The summed E-state index contributed by atoms with van der Waals surface area (Å²) in [5.41, 5.74) is 2.89. The molecule has 6 nitrogen and oxygen atoms in total. The number of piperazine rings is 1. The molecule has 1 aliphatic rings. The molecular formula is C24H33N3O3. The molecule has 1 amide bonds. The van der Waals surface area contributed by atoms with E-state index in [1.807, 2.05) is 12.1 Å². The fourth-order valence-corrected chi connectivity index (χ4v) is 3.55. The first kappa shape index (κ1) is 22.0. The first-order valence-electron chi connectivity index (χ1n) is 10.7. The Morgan fingerprint density at radius 2 is 1.83 bits per heavy atom. The maximum absolute atomic E-state index is 12.8. The van der Waals surface area contributed by atoms with Gasteiger partial charge in [-0.15, -0.1) is 0 Å². The molecule has 162 valence electrons. The molecule has 0 atom stereocenters. The quantitative estimate of drug-likeness (QED) is 0.640. The molecule has 6 heteroatoms. The fraction of sp³-hybridized carbons (Fsp3) is 0.458. The van der Waals surface area contributed by atoms with Crippen molar-refractivity contribution in [3.8, 4) is 11.5 Å². The molecule has 1 N–H and O–H groups in total. The zero-order chi connectivity index (χ0) is 21.3. The summed E-state index contributed by atoms with van der Waals surface area (Å²) in [6.07, 6.45) is 2.05. The molecule has 3 rings (SSSR count). The minimum Gasteiger partial charge on any atom is -0.493 e. The summed E-state index contributed by atoms with van der Waals surface area (Å²) in [4.78, 5) is 17.5. The number of rotatable bonds is 9. The fourth-order valence-electron chi connectivity index (χ4n) is 3.55. The Hall–Kier alpha value is -2.73. The van der Waals surface area contributed by atoms with Crippen LogP contribution in [0.1, 0.15) is 35.7 Å². The molecule has 1 fully saturated rings. The normalized spacial score (nSPS) is 14.4. The number of nitrogens with zero attached hydrogens (tertiary/aromatic N) is 2. The van der Waals surface area contributed by atoms with Crippen molar-refractivity contribution in [2.75, 3.05) is 51.8 Å². The Balaban J connectivity index is 1.64. The van der Waals surface area contributed by atoms with Gasteiger partial charge in [-0.05, 0) is 43.3 Å². The van der Waals surface area contributed by atoms with E-state index in [0.29, 0.717) is 30.2 Å². The van der Waals surface area contributed by atoms with Crippen molar-refractivity contribution in [1.82, 2.24) is 10.2 Å². The molecular weight excluding hydrogens is 378 g/mol. The largest absolute Gasteiger partial charge is 0.493 e. The number of carbonyl (C=O) groups excluding carboxylic acids is 1. The second-order valence-electron chi connectivity index (χ2n) is 7.67. The SMILES string of the molecule is CCCCOc1ccc(C(=O)NCc2ccccc2N2CCN(C)CC2)cc1OC. The highest BCUT2D eigenvalue weighted by Crippen LogP contribution is 2.28. The van der Waals surface area contributed by atoms with Crippen molar-refractivity contribution in [2.24, 2.45) is 0 Å². The van der Waals surface area contributed by atoms with Crippen LogP contribution in [0.3, 0.4) is 0 Å². The van der Waals surface area contributed by atoms with Crippen molar-refractivity contribution in [3.63, 3.8) is 0 Å². The van der Waals surface area contributed by atoms with Crippen molar-refractivity contribution in [2.45, 2.75) is 26.3 Å². The van der Waals surface area contributed by atoms with Crippen LogP contribution in [0, 0.1) is 0 Å². The number of anilines is 1. The number of nitrogens with one attached hydrogen (secondary N) is 1. The first-order valence-corrected chi connectivity index (χ1v) is 10.7. The predicted molar refractivity (Wildman–Crippen MR) is 121 cm³/mol. The zero-order valence-corrected chi connectivity index (χ0v) is 18.3. The average Bonchev–Trinajstić information content (AvgIpc) is 2.78. The van der Waals surface area contributed by atoms with Crippen LogP contribution in [-0.2, 0) is 6.54 Å². The molecule has 0 radical (unpaired) electrons. The lowest BCUT2D eigenvalue weighted by Crippen LogP contribution is -2.45. The number of amides is 1. The van der Waals surface area contributed by atoms with E-state index >= 15 is 0 Å². The van der Waals surface area contributed by atoms with Crippen LogP contribution in [0.25, 0.3) is 0 Å². The highest BCUT2D eigenvalue weighted by atomic mass is 16.5. The Labute approximate surface area is 179 Å². The number of unbranched alkanes of at least 4 members (excludes halogenated alkanes) is 1. The van der Waals surface area contributed by atoms with E-state index in [1.54, 1.807) is 19.2 Å². The molecule has 0 spiro atoms. The Morgan fingerprint density at radius 3 is 2.57 bits per heavy atom. The first-order chi connectivity index (χ1) is 14.6.